The molecular formula is C15H18O2. The minimum atomic E-state index is -0.302. The van der Waals surface area contributed by atoms with Gasteiger partial charge in [0, 0.05) is 5.56 Å². The van der Waals surface area contributed by atoms with Crippen LogP contribution >= 0.6 is 0 Å². The Balaban J connectivity index is 2.46. The van der Waals surface area contributed by atoms with Crippen molar-refractivity contribution >= 4 is 11.9 Å². The first-order chi connectivity index (χ1) is 8.13. The highest BCUT2D eigenvalue weighted by Gasteiger charge is 2.19. The van der Waals surface area contributed by atoms with E-state index in [4.69, 9.17) is 0 Å². The van der Waals surface area contributed by atoms with E-state index in [1.165, 1.54) is 11.1 Å². The van der Waals surface area contributed by atoms with Crippen LogP contribution in [0.4, 0.5) is 0 Å². The maximum atomic E-state index is 10.7. The molecule has 0 aromatic heterocycles. The Kier molecular flexibility index (Phi) is 3.43. The number of carbonyl (C=O) groups excluding carboxylic acids is 1. The van der Waals surface area contributed by atoms with Crippen molar-refractivity contribution < 1.29 is 9.90 Å². The SMILES string of the molecule is CC1=C(c2ccc(C=O)cc2C)CCC[C@H]1O. The number of carbonyl (C=O) groups is 1. The monoisotopic (exact) mass is 230 g/mol. The van der Waals surface area contributed by atoms with Crippen LogP contribution in [0.5, 0.6) is 0 Å². The van der Waals surface area contributed by atoms with Crippen molar-refractivity contribution in [1.82, 2.24) is 0 Å². The normalized spacial score (nSPS) is 20.5. The summed E-state index contributed by atoms with van der Waals surface area (Å²) >= 11 is 0. The first-order valence-electron chi connectivity index (χ1n) is 6.07. The Morgan fingerprint density at radius 3 is 2.76 bits per heavy atom. The van der Waals surface area contributed by atoms with E-state index in [0.29, 0.717) is 5.56 Å². The molecule has 0 aliphatic heterocycles. The number of aliphatic hydroxyl groups is 1. The van der Waals surface area contributed by atoms with Gasteiger partial charge in [0.1, 0.15) is 6.29 Å². The summed E-state index contributed by atoms with van der Waals surface area (Å²) in [7, 11) is 0. The van der Waals surface area contributed by atoms with Gasteiger partial charge in [-0.2, -0.15) is 0 Å². The van der Waals surface area contributed by atoms with Gasteiger partial charge < -0.3 is 5.11 Å². The lowest BCUT2D eigenvalue weighted by atomic mass is 9.84. The molecule has 1 aliphatic carbocycles. The van der Waals surface area contributed by atoms with Crippen LogP contribution in [0.3, 0.4) is 0 Å². The van der Waals surface area contributed by atoms with Crippen LogP contribution in [0.15, 0.2) is 23.8 Å². The van der Waals surface area contributed by atoms with E-state index < -0.39 is 0 Å². The zero-order valence-electron chi connectivity index (χ0n) is 10.4. The molecule has 2 heteroatoms. The molecule has 90 valence electrons. The standard InChI is InChI=1S/C15H18O2/c1-10-8-12(9-16)6-7-13(10)14-4-3-5-15(17)11(14)2/h6-9,15,17H,3-5H2,1-2H3/t15-/m1/s1. The highest BCUT2D eigenvalue weighted by atomic mass is 16.3. The maximum absolute atomic E-state index is 10.7. The van der Waals surface area contributed by atoms with Gasteiger partial charge in [-0.1, -0.05) is 12.1 Å². The highest BCUT2D eigenvalue weighted by molar-refractivity contribution is 5.79. The summed E-state index contributed by atoms with van der Waals surface area (Å²) < 4.78 is 0. The molecule has 0 unspecified atom stereocenters. The summed E-state index contributed by atoms with van der Waals surface area (Å²) in [6.07, 6.45) is 3.48. The van der Waals surface area contributed by atoms with Crippen LogP contribution in [0.25, 0.3) is 5.57 Å². The van der Waals surface area contributed by atoms with E-state index in [-0.39, 0.29) is 6.10 Å². The minimum absolute atomic E-state index is 0.302. The van der Waals surface area contributed by atoms with Crippen LogP contribution in [0.2, 0.25) is 0 Å². The molecule has 0 bridgehead atoms. The summed E-state index contributed by atoms with van der Waals surface area (Å²) in [6, 6.07) is 5.75. The Hall–Kier alpha value is -1.41. The molecule has 1 N–H and O–H groups in total. The smallest absolute Gasteiger partial charge is 0.150 e. The van der Waals surface area contributed by atoms with Crippen molar-refractivity contribution in [3.05, 3.63) is 40.5 Å². The van der Waals surface area contributed by atoms with Gasteiger partial charge in [0.25, 0.3) is 0 Å². The van der Waals surface area contributed by atoms with Crippen LogP contribution < -0.4 is 0 Å². The van der Waals surface area contributed by atoms with Crippen LogP contribution in [-0.2, 0) is 0 Å². The Morgan fingerprint density at radius 1 is 1.35 bits per heavy atom. The summed E-state index contributed by atoms with van der Waals surface area (Å²) in [5.74, 6) is 0. The third-order valence-corrected chi connectivity index (χ3v) is 3.59. The Bertz CT molecular complexity index is 472. The molecule has 0 radical (unpaired) electrons. The molecule has 17 heavy (non-hydrogen) atoms. The number of hydrogen-bond donors (Lipinski definition) is 1. The molecule has 1 aliphatic rings. The fourth-order valence-electron chi connectivity index (χ4n) is 2.53. The van der Waals surface area contributed by atoms with E-state index in [1.54, 1.807) is 0 Å². The predicted octanol–water partition coefficient (Wildman–Crippen LogP) is 3.13. The van der Waals surface area contributed by atoms with Crippen LogP contribution in [-0.4, -0.2) is 17.5 Å². The number of allylic oxidation sites excluding steroid dienone is 1. The molecular weight excluding hydrogens is 212 g/mol. The predicted molar refractivity (Wildman–Crippen MR) is 69.0 cm³/mol. The quantitative estimate of drug-likeness (QED) is 0.792. The molecule has 2 nitrogen and oxygen atoms in total. The summed E-state index contributed by atoms with van der Waals surface area (Å²) in [5.41, 5.74) is 5.32. The fourth-order valence-corrected chi connectivity index (χ4v) is 2.53. The van der Waals surface area contributed by atoms with Gasteiger partial charge in [0.2, 0.25) is 0 Å². The van der Waals surface area contributed by atoms with Crippen molar-refractivity contribution in [2.45, 2.75) is 39.2 Å². The van der Waals surface area contributed by atoms with E-state index in [1.807, 2.05) is 32.0 Å². The van der Waals surface area contributed by atoms with E-state index in [9.17, 15) is 9.90 Å². The summed E-state index contributed by atoms with van der Waals surface area (Å²) in [6.45, 7) is 4.02. The zero-order chi connectivity index (χ0) is 12.4. The number of aldehydes is 1. The molecule has 0 heterocycles. The van der Waals surface area contributed by atoms with Crippen molar-refractivity contribution in [1.29, 1.82) is 0 Å². The third-order valence-electron chi connectivity index (χ3n) is 3.59. The van der Waals surface area contributed by atoms with Crippen molar-refractivity contribution in [3.63, 3.8) is 0 Å². The van der Waals surface area contributed by atoms with Gasteiger partial charge in [-0.05, 0) is 61.4 Å². The van der Waals surface area contributed by atoms with Crippen LogP contribution in [0.1, 0.15) is 47.7 Å². The molecule has 0 saturated carbocycles. The first kappa shape index (κ1) is 12.1. The lowest BCUT2D eigenvalue weighted by molar-refractivity contribution is 0.112. The number of benzene rings is 1. The Morgan fingerprint density at radius 2 is 2.12 bits per heavy atom. The average Bonchev–Trinajstić information content (AvgIpc) is 2.33. The van der Waals surface area contributed by atoms with E-state index in [2.05, 4.69) is 0 Å². The van der Waals surface area contributed by atoms with Gasteiger partial charge in [0.05, 0.1) is 6.10 Å². The summed E-state index contributed by atoms with van der Waals surface area (Å²) in [4.78, 5) is 10.7. The van der Waals surface area contributed by atoms with Gasteiger partial charge in [0.15, 0.2) is 0 Å². The molecule has 0 spiro atoms. The van der Waals surface area contributed by atoms with E-state index in [0.717, 1.165) is 36.7 Å². The van der Waals surface area contributed by atoms with Crippen molar-refractivity contribution in [2.24, 2.45) is 0 Å². The molecule has 1 aromatic rings. The number of aliphatic hydroxyl groups excluding tert-OH is 1. The number of aryl methyl sites for hydroxylation is 1. The molecule has 2 rings (SSSR count). The molecule has 0 fully saturated rings. The number of hydrogen-bond acceptors (Lipinski definition) is 2. The fraction of sp³-hybridized carbons (Fsp3) is 0.400. The van der Waals surface area contributed by atoms with Crippen molar-refractivity contribution in [3.8, 4) is 0 Å². The largest absolute Gasteiger partial charge is 0.389 e. The van der Waals surface area contributed by atoms with Gasteiger partial charge in [-0.3, -0.25) is 4.79 Å². The maximum Gasteiger partial charge on any atom is 0.150 e. The second-order valence-electron chi connectivity index (χ2n) is 4.76. The Labute approximate surface area is 102 Å². The lowest BCUT2D eigenvalue weighted by Crippen LogP contribution is -2.15. The summed E-state index contributed by atoms with van der Waals surface area (Å²) in [5, 5.41) is 9.89. The van der Waals surface area contributed by atoms with Gasteiger partial charge >= 0.3 is 0 Å². The zero-order valence-corrected chi connectivity index (χ0v) is 10.4. The topological polar surface area (TPSA) is 37.3 Å². The molecule has 0 saturated heterocycles. The first-order valence-corrected chi connectivity index (χ1v) is 6.07. The minimum Gasteiger partial charge on any atom is -0.389 e. The second-order valence-corrected chi connectivity index (χ2v) is 4.76. The number of rotatable bonds is 2. The van der Waals surface area contributed by atoms with Crippen molar-refractivity contribution in [2.75, 3.05) is 0 Å². The molecule has 1 aromatic carbocycles. The van der Waals surface area contributed by atoms with E-state index >= 15 is 0 Å². The lowest BCUT2D eigenvalue weighted by Gasteiger charge is -2.24. The average molecular weight is 230 g/mol. The van der Waals surface area contributed by atoms with Gasteiger partial charge in [-0.25, -0.2) is 0 Å². The van der Waals surface area contributed by atoms with Gasteiger partial charge in [-0.15, -0.1) is 0 Å². The molecule has 1 atom stereocenters. The van der Waals surface area contributed by atoms with Crippen LogP contribution in [0, 0.1) is 6.92 Å². The molecule has 0 amide bonds. The highest BCUT2D eigenvalue weighted by Crippen LogP contribution is 2.33. The third kappa shape index (κ3) is 2.32. The second kappa shape index (κ2) is 4.84.